The van der Waals surface area contributed by atoms with Gasteiger partial charge in [-0.2, -0.15) is 0 Å². The molecule has 1 heterocycles. The first-order chi connectivity index (χ1) is 23.2. The van der Waals surface area contributed by atoms with Crippen LogP contribution in [0.4, 0.5) is 0 Å². The molecule has 0 spiro atoms. The van der Waals surface area contributed by atoms with Gasteiger partial charge in [0.2, 0.25) is 29.5 Å². The van der Waals surface area contributed by atoms with Gasteiger partial charge in [0, 0.05) is 7.05 Å². The van der Waals surface area contributed by atoms with Crippen molar-refractivity contribution in [2.24, 2.45) is 17.8 Å². The largest absolute Gasteiger partial charge is 0.460 e. The highest BCUT2D eigenvalue weighted by atomic mass is 16.5. The molecule has 13 heteroatoms. The quantitative estimate of drug-likeness (QED) is 0.128. The van der Waals surface area contributed by atoms with Crippen molar-refractivity contribution in [3.8, 4) is 0 Å². The highest BCUT2D eigenvalue weighted by Crippen LogP contribution is 2.22. The van der Waals surface area contributed by atoms with Crippen molar-refractivity contribution in [2.75, 3.05) is 20.2 Å². The number of nitrogens with zero attached hydrogens (tertiary/aromatic N) is 1. The zero-order valence-electron chi connectivity index (χ0n) is 31.3. The zero-order chi connectivity index (χ0) is 37.1. The van der Waals surface area contributed by atoms with Crippen LogP contribution in [0.15, 0.2) is 0 Å². The lowest BCUT2D eigenvalue weighted by molar-refractivity contribution is -0.157. The molecule has 1 saturated heterocycles. The van der Waals surface area contributed by atoms with Gasteiger partial charge in [-0.25, -0.2) is 0 Å². The molecule has 0 aromatic heterocycles. The van der Waals surface area contributed by atoms with Crippen LogP contribution in [0, 0.1) is 17.8 Å². The van der Waals surface area contributed by atoms with E-state index in [2.05, 4.69) is 28.2 Å². The number of carbonyl (C=O) groups is 6. The van der Waals surface area contributed by atoms with Crippen LogP contribution in [0.25, 0.3) is 0 Å². The van der Waals surface area contributed by atoms with Gasteiger partial charge in [0.15, 0.2) is 0 Å². The van der Waals surface area contributed by atoms with Crippen molar-refractivity contribution >= 4 is 35.5 Å². The zero-order valence-corrected chi connectivity index (χ0v) is 31.3. The number of hydrogen-bond acceptors (Lipinski definition) is 8. The molecule has 49 heavy (non-hydrogen) atoms. The maximum atomic E-state index is 14.0. The molecule has 0 unspecified atom stereocenters. The van der Waals surface area contributed by atoms with Crippen LogP contribution >= 0.6 is 0 Å². The van der Waals surface area contributed by atoms with E-state index in [1.165, 1.54) is 30.6 Å². The molecule has 282 valence electrons. The van der Waals surface area contributed by atoms with E-state index >= 15 is 0 Å². The Labute approximate surface area is 293 Å². The molecular formula is C36H65N5O8. The number of carbonyl (C=O) groups excluding carboxylic acids is 6. The van der Waals surface area contributed by atoms with Gasteiger partial charge >= 0.3 is 5.97 Å². The first-order valence-corrected chi connectivity index (χ1v) is 18.5. The van der Waals surface area contributed by atoms with Crippen molar-refractivity contribution in [1.29, 1.82) is 0 Å². The topological polar surface area (TPSA) is 183 Å². The molecule has 1 rings (SSSR count). The number of amides is 5. The third-order valence-electron chi connectivity index (χ3n) is 9.44. The fraction of sp³-hybridized carbons (Fsp3) is 0.833. The summed E-state index contributed by atoms with van der Waals surface area (Å²) in [5.74, 6) is -4.89. The molecule has 0 saturated carbocycles. The van der Waals surface area contributed by atoms with E-state index < -0.39 is 78.9 Å². The Morgan fingerprint density at radius 3 is 1.94 bits per heavy atom. The van der Waals surface area contributed by atoms with Crippen LogP contribution < -0.4 is 21.3 Å². The Bertz CT molecular complexity index is 1070. The monoisotopic (exact) mass is 695 g/mol. The molecule has 0 aromatic carbocycles. The Morgan fingerprint density at radius 2 is 1.39 bits per heavy atom. The van der Waals surface area contributed by atoms with Crippen LogP contribution in [-0.4, -0.2) is 96.0 Å². The minimum Gasteiger partial charge on any atom is -0.460 e. The number of nitrogens with one attached hydrogen (secondary N) is 4. The lowest BCUT2D eigenvalue weighted by Crippen LogP contribution is -2.60. The molecule has 1 fully saturated rings. The van der Waals surface area contributed by atoms with Gasteiger partial charge in [-0.1, -0.05) is 99.8 Å². The average molecular weight is 696 g/mol. The number of aliphatic hydroxyl groups excluding tert-OH is 1. The van der Waals surface area contributed by atoms with E-state index in [0.717, 1.165) is 25.7 Å². The van der Waals surface area contributed by atoms with Gasteiger partial charge in [-0.15, -0.1) is 0 Å². The highest BCUT2D eigenvalue weighted by Gasteiger charge is 2.38. The molecule has 0 aliphatic carbocycles. The summed E-state index contributed by atoms with van der Waals surface area (Å²) >= 11 is 0. The van der Waals surface area contributed by atoms with Gasteiger partial charge in [0.25, 0.3) is 0 Å². The molecule has 1 aliphatic heterocycles. The van der Waals surface area contributed by atoms with Gasteiger partial charge in [0.05, 0.1) is 12.5 Å². The molecule has 13 nitrogen and oxygen atoms in total. The van der Waals surface area contributed by atoms with Crippen molar-refractivity contribution in [2.45, 2.75) is 156 Å². The molecular weight excluding hydrogens is 630 g/mol. The standard InChI is InChI=1S/C36H65N5O8/c1-9-12-13-14-15-16-17-18-19-29-25(7)36(48)41(8)28(20-23(4)5)34(46)40-31(24(6)10-2)35(47)39-27(22-42)33(45)38-26(11-3)32(44)37-21-30(43)49-29/h23-29,31,42H,9-22H2,1-8H3,(H,37,44)(H,38,45)(H,39,47)(H,40,46)/t24-,25+,26-,27-,28-,29+,31-/m0/s1. The van der Waals surface area contributed by atoms with E-state index in [-0.39, 0.29) is 24.2 Å². The fourth-order valence-corrected chi connectivity index (χ4v) is 5.94. The summed E-state index contributed by atoms with van der Waals surface area (Å²) < 4.78 is 5.82. The summed E-state index contributed by atoms with van der Waals surface area (Å²) in [6.07, 6.45) is 9.20. The summed E-state index contributed by atoms with van der Waals surface area (Å²) in [7, 11) is 1.54. The minimum atomic E-state index is -1.40. The Morgan fingerprint density at radius 1 is 0.796 bits per heavy atom. The van der Waals surface area contributed by atoms with Gasteiger partial charge < -0.3 is 36.0 Å². The molecule has 5 amide bonds. The number of ether oxygens (including phenoxy) is 1. The summed E-state index contributed by atoms with van der Waals surface area (Å²) in [6.45, 7) is 11.8. The summed E-state index contributed by atoms with van der Waals surface area (Å²) in [6, 6.07) is -4.47. The molecule has 0 aromatic rings. The van der Waals surface area contributed by atoms with Crippen LogP contribution in [0.3, 0.4) is 0 Å². The lowest BCUT2D eigenvalue weighted by Gasteiger charge is -2.34. The van der Waals surface area contributed by atoms with Crippen molar-refractivity contribution in [3.63, 3.8) is 0 Å². The molecule has 5 N–H and O–H groups in total. The van der Waals surface area contributed by atoms with Crippen LogP contribution in [0.5, 0.6) is 0 Å². The SMILES string of the molecule is CCCCCCCCCC[C@H]1OC(=O)CNC(=O)[C@H](CC)NC(=O)[C@H](CO)NC(=O)[C@H]([C@@H](C)CC)NC(=O)[C@H](CC(C)C)N(C)C(=O)[C@@H]1C. The fourth-order valence-electron chi connectivity index (χ4n) is 5.94. The van der Waals surface area contributed by atoms with Gasteiger partial charge in [-0.3, -0.25) is 28.8 Å². The maximum Gasteiger partial charge on any atom is 0.325 e. The first-order valence-electron chi connectivity index (χ1n) is 18.5. The Kier molecular flexibility index (Phi) is 20.8. The van der Waals surface area contributed by atoms with Crippen LogP contribution in [0.2, 0.25) is 0 Å². The molecule has 7 atom stereocenters. The third-order valence-corrected chi connectivity index (χ3v) is 9.44. The number of cyclic esters (lactones) is 1. The second kappa shape index (κ2) is 23.2. The second-order valence-corrected chi connectivity index (χ2v) is 14.0. The average Bonchev–Trinajstić information content (AvgIpc) is 3.08. The van der Waals surface area contributed by atoms with E-state index in [1.807, 2.05) is 20.8 Å². The predicted molar refractivity (Wildman–Crippen MR) is 188 cm³/mol. The van der Waals surface area contributed by atoms with Crippen LogP contribution in [0.1, 0.15) is 126 Å². The predicted octanol–water partition coefficient (Wildman–Crippen LogP) is 2.97. The van der Waals surface area contributed by atoms with E-state index in [1.54, 1.807) is 27.8 Å². The molecule has 0 bridgehead atoms. The van der Waals surface area contributed by atoms with E-state index in [9.17, 15) is 33.9 Å². The van der Waals surface area contributed by atoms with E-state index in [0.29, 0.717) is 19.3 Å². The van der Waals surface area contributed by atoms with Gasteiger partial charge in [0.1, 0.15) is 36.8 Å². The number of esters is 1. The number of aliphatic hydroxyl groups is 1. The summed E-state index contributed by atoms with van der Waals surface area (Å²) in [4.78, 5) is 81.8. The Balaban J connectivity index is 3.46. The highest BCUT2D eigenvalue weighted by molar-refractivity contribution is 5.96. The molecule has 1 aliphatic rings. The van der Waals surface area contributed by atoms with Gasteiger partial charge in [-0.05, 0) is 37.5 Å². The maximum absolute atomic E-state index is 14.0. The smallest absolute Gasteiger partial charge is 0.325 e. The van der Waals surface area contributed by atoms with Crippen molar-refractivity contribution < 1.29 is 38.6 Å². The number of likely N-dealkylation sites (N-methyl/N-ethyl adjacent to an activating group) is 1. The number of rotatable bonds is 15. The number of hydrogen-bond donors (Lipinski definition) is 5. The molecule has 0 radical (unpaired) electrons. The van der Waals surface area contributed by atoms with Crippen molar-refractivity contribution in [1.82, 2.24) is 26.2 Å². The first kappa shape index (κ1) is 43.8. The Hall–Kier alpha value is -3.22. The summed E-state index contributed by atoms with van der Waals surface area (Å²) in [5, 5.41) is 20.3. The number of unbranched alkanes of at least 4 members (excludes halogenated alkanes) is 7. The third kappa shape index (κ3) is 15.1. The van der Waals surface area contributed by atoms with E-state index in [4.69, 9.17) is 4.74 Å². The van der Waals surface area contributed by atoms with Crippen molar-refractivity contribution in [3.05, 3.63) is 0 Å². The van der Waals surface area contributed by atoms with Crippen LogP contribution in [-0.2, 0) is 33.5 Å². The second-order valence-electron chi connectivity index (χ2n) is 14.0. The summed E-state index contributed by atoms with van der Waals surface area (Å²) in [5.41, 5.74) is 0. The minimum absolute atomic E-state index is 0.0160. The lowest BCUT2D eigenvalue weighted by atomic mass is 9.94. The normalized spacial score (nSPS) is 26.1.